The predicted octanol–water partition coefficient (Wildman–Crippen LogP) is 1.01. The number of nitrogens with zero attached hydrogens (tertiary/aromatic N) is 1. The highest BCUT2D eigenvalue weighted by molar-refractivity contribution is 5.77. The maximum Gasteiger partial charge on any atom is 0.246 e. The van der Waals surface area contributed by atoms with Crippen molar-refractivity contribution < 1.29 is 9.53 Å². The number of rotatable bonds is 6. The molecule has 1 unspecified atom stereocenters. The minimum absolute atomic E-state index is 0.0135. The van der Waals surface area contributed by atoms with Crippen molar-refractivity contribution in [2.24, 2.45) is 0 Å². The summed E-state index contributed by atoms with van der Waals surface area (Å²) in [6.07, 6.45) is 2.69. The molecule has 1 atom stereocenters. The second kappa shape index (κ2) is 6.86. The first-order valence-electron chi connectivity index (χ1n) is 6.21. The zero-order valence-corrected chi connectivity index (χ0v) is 10.7. The summed E-state index contributed by atoms with van der Waals surface area (Å²) in [4.78, 5) is 13.9. The number of amides is 1. The molecule has 16 heavy (non-hydrogen) atoms. The topological polar surface area (TPSA) is 41.6 Å². The molecule has 4 heteroatoms. The molecular weight excluding hydrogens is 204 g/mol. The van der Waals surface area contributed by atoms with Crippen LogP contribution in [0.25, 0.3) is 0 Å². The lowest BCUT2D eigenvalue weighted by atomic mass is 10.3. The van der Waals surface area contributed by atoms with Gasteiger partial charge in [-0.3, -0.25) is 4.79 Å². The Bertz CT molecular complexity index is 213. The van der Waals surface area contributed by atoms with Crippen LogP contribution in [-0.2, 0) is 9.53 Å². The Morgan fingerprint density at radius 3 is 2.50 bits per heavy atom. The summed E-state index contributed by atoms with van der Waals surface area (Å²) >= 11 is 0. The van der Waals surface area contributed by atoms with Crippen molar-refractivity contribution >= 4 is 5.91 Å². The Kier molecular flexibility index (Phi) is 5.77. The fourth-order valence-corrected chi connectivity index (χ4v) is 1.96. The van der Waals surface area contributed by atoms with Gasteiger partial charge in [-0.25, -0.2) is 0 Å². The summed E-state index contributed by atoms with van der Waals surface area (Å²) in [5.41, 5.74) is 0. The molecule has 1 amide bonds. The van der Waals surface area contributed by atoms with Gasteiger partial charge in [-0.05, 0) is 46.7 Å². The average molecular weight is 228 g/mol. The van der Waals surface area contributed by atoms with Crippen LogP contribution in [0, 0.1) is 0 Å². The molecule has 1 rings (SSSR count). The largest absolute Gasteiger partial charge is 0.369 e. The second-order valence-electron chi connectivity index (χ2n) is 4.84. The Balaban J connectivity index is 2.12. The molecule has 0 aromatic rings. The van der Waals surface area contributed by atoms with Crippen molar-refractivity contribution in [3.8, 4) is 0 Å². The molecular formula is C12H24N2O2. The predicted molar refractivity (Wildman–Crippen MR) is 64.4 cm³/mol. The number of nitrogens with one attached hydrogen (secondary N) is 1. The zero-order chi connectivity index (χ0) is 12.0. The van der Waals surface area contributed by atoms with Crippen LogP contribution in [0.2, 0.25) is 0 Å². The van der Waals surface area contributed by atoms with Crippen molar-refractivity contribution in [1.82, 2.24) is 10.2 Å². The summed E-state index contributed by atoms with van der Waals surface area (Å²) in [6.45, 7) is 9.37. The van der Waals surface area contributed by atoms with Crippen LogP contribution >= 0.6 is 0 Å². The summed E-state index contributed by atoms with van der Waals surface area (Å²) in [5.74, 6) is -0.0135. The van der Waals surface area contributed by atoms with Gasteiger partial charge in [0.05, 0.1) is 6.10 Å². The average Bonchev–Trinajstić information content (AvgIpc) is 2.67. The molecule has 94 valence electrons. The van der Waals surface area contributed by atoms with Gasteiger partial charge in [0.1, 0.15) is 6.61 Å². The molecule has 4 nitrogen and oxygen atoms in total. The lowest BCUT2D eigenvalue weighted by Gasteiger charge is -2.21. The third-order valence-corrected chi connectivity index (χ3v) is 2.69. The lowest BCUT2D eigenvalue weighted by molar-refractivity contribution is -0.127. The van der Waals surface area contributed by atoms with Crippen LogP contribution in [0.5, 0.6) is 0 Å². The van der Waals surface area contributed by atoms with E-state index in [0.717, 1.165) is 6.54 Å². The first-order valence-corrected chi connectivity index (χ1v) is 6.21. The van der Waals surface area contributed by atoms with Crippen LogP contribution in [-0.4, -0.2) is 49.2 Å². The van der Waals surface area contributed by atoms with Crippen LogP contribution in [0.15, 0.2) is 0 Å². The highest BCUT2D eigenvalue weighted by Gasteiger charge is 2.15. The zero-order valence-electron chi connectivity index (χ0n) is 10.7. The summed E-state index contributed by atoms with van der Waals surface area (Å²) in [6, 6.07) is 0.210. The first-order chi connectivity index (χ1) is 7.58. The van der Waals surface area contributed by atoms with E-state index in [1.807, 2.05) is 20.8 Å². The third kappa shape index (κ3) is 5.47. The fraction of sp³-hybridized carbons (Fsp3) is 0.917. The molecule has 1 aliphatic heterocycles. The molecule has 1 N–H and O–H groups in total. The Labute approximate surface area is 98.3 Å². The normalized spacial score (nSPS) is 19.0. The first kappa shape index (κ1) is 13.5. The van der Waals surface area contributed by atoms with Gasteiger partial charge in [0.2, 0.25) is 5.91 Å². The summed E-state index contributed by atoms with van der Waals surface area (Å²) in [5, 5.41) is 2.96. The molecule has 1 fully saturated rings. The van der Waals surface area contributed by atoms with Gasteiger partial charge in [0.25, 0.3) is 0 Å². The third-order valence-electron chi connectivity index (χ3n) is 2.69. The number of hydrogen-bond acceptors (Lipinski definition) is 3. The highest BCUT2D eigenvalue weighted by atomic mass is 16.5. The van der Waals surface area contributed by atoms with E-state index in [4.69, 9.17) is 4.74 Å². The molecule has 1 heterocycles. The van der Waals surface area contributed by atoms with E-state index >= 15 is 0 Å². The van der Waals surface area contributed by atoms with Crippen molar-refractivity contribution in [2.45, 2.75) is 45.8 Å². The van der Waals surface area contributed by atoms with Crippen LogP contribution in [0.3, 0.4) is 0 Å². The van der Waals surface area contributed by atoms with Gasteiger partial charge >= 0.3 is 0 Å². The van der Waals surface area contributed by atoms with Gasteiger partial charge in [0, 0.05) is 12.6 Å². The quantitative estimate of drug-likeness (QED) is 0.738. The lowest BCUT2D eigenvalue weighted by Crippen LogP contribution is -2.42. The van der Waals surface area contributed by atoms with Crippen molar-refractivity contribution in [3.05, 3.63) is 0 Å². The van der Waals surface area contributed by atoms with Crippen molar-refractivity contribution in [3.63, 3.8) is 0 Å². The van der Waals surface area contributed by atoms with Crippen LogP contribution in [0.4, 0.5) is 0 Å². The van der Waals surface area contributed by atoms with E-state index < -0.39 is 0 Å². The Morgan fingerprint density at radius 2 is 1.94 bits per heavy atom. The Morgan fingerprint density at radius 1 is 1.31 bits per heavy atom. The van der Waals surface area contributed by atoms with Gasteiger partial charge in [-0.1, -0.05) is 0 Å². The van der Waals surface area contributed by atoms with Crippen LogP contribution < -0.4 is 5.32 Å². The van der Waals surface area contributed by atoms with Gasteiger partial charge in [-0.2, -0.15) is 0 Å². The van der Waals surface area contributed by atoms with Gasteiger partial charge in [0.15, 0.2) is 0 Å². The maximum atomic E-state index is 11.5. The van der Waals surface area contributed by atoms with E-state index in [-0.39, 0.29) is 24.7 Å². The molecule has 0 saturated carbocycles. The van der Waals surface area contributed by atoms with Crippen molar-refractivity contribution in [2.75, 3.05) is 26.2 Å². The smallest absolute Gasteiger partial charge is 0.246 e. The summed E-state index contributed by atoms with van der Waals surface area (Å²) < 4.78 is 5.25. The molecule has 0 bridgehead atoms. The van der Waals surface area contributed by atoms with E-state index in [9.17, 15) is 4.79 Å². The molecule has 0 aliphatic carbocycles. The molecule has 0 aromatic carbocycles. The molecule has 0 aromatic heterocycles. The number of likely N-dealkylation sites (tertiary alicyclic amines) is 1. The number of carbonyl (C=O) groups is 1. The molecule has 1 saturated heterocycles. The monoisotopic (exact) mass is 228 g/mol. The fourth-order valence-electron chi connectivity index (χ4n) is 1.96. The van der Waals surface area contributed by atoms with E-state index in [1.165, 1.54) is 25.9 Å². The Hall–Kier alpha value is -0.610. The van der Waals surface area contributed by atoms with Gasteiger partial charge in [-0.15, -0.1) is 0 Å². The molecule has 0 spiro atoms. The number of hydrogen-bond donors (Lipinski definition) is 1. The van der Waals surface area contributed by atoms with E-state index in [0.29, 0.717) is 0 Å². The standard InChI is InChI=1S/C12H24N2O2/c1-10(2)16-9-12(15)13-11(3)8-14-6-4-5-7-14/h10-11H,4-9H2,1-3H3,(H,13,15). The summed E-state index contributed by atoms with van der Waals surface area (Å²) in [7, 11) is 0. The molecule has 1 aliphatic rings. The minimum Gasteiger partial charge on any atom is -0.369 e. The second-order valence-corrected chi connectivity index (χ2v) is 4.84. The highest BCUT2D eigenvalue weighted by Crippen LogP contribution is 2.07. The van der Waals surface area contributed by atoms with E-state index in [2.05, 4.69) is 10.2 Å². The molecule has 0 radical (unpaired) electrons. The van der Waals surface area contributed by atoms with E-state index in [1.54, 1.807) is 0 Å². The maximum absolute atomic E-state index is 11.5. The van der Waals surface area contributed by atoms with Crippen molar-refractivity contribution in [1.29, 1.82) is 0 Å². The van der Waals surface area contributed by atoms with Crippen LogP contribution in [0.1, 0.15) is 33.6 Å². The minimum atomic E-state index is -0.0135. The van der Waals surface area contributed by atoms with Gasteiger partial charge < -0.3 is 15.0 Å². The SMILES string of the molecule is CC(CN1CCCC1)NC(=O)COC(C)C. The number of carbonyl (C=O) groups excluding carboxylic acids is 1. The number of ether oxygens (including phenoxy) is 1.